The molecule has 0 fully saturated rings. The van der Waals surface area contributed by atoms with E-state index in [0.717, 1.165) is 12.3 Å². The highest BCUT2D eigenvalue weighted by atomic mass is 19.4. The fraction of sp³-hybridized carbons (Fsp3) is 0.500. The van der Waals surface area contributed by atoms with Crippen LogP contribution in [0.2, 0.25) is 0 Å². The predicted octanol–water partition coefficient (Wildman–Crippen LogP) is 2.65. The van der Waals surface area contributed by atoms with Crippen LogP contribution in [0.4, 0.5) is 13.2 Å². The van der Waals surface area contributed by atoms with Crippen LogP contribution in [-0.4, -0.2) is 42.3 Å². The molecule has 1 N–H and O–H groups in total. The maximum atomic E-state index is 13.0. The van der Waals surface area contributed by atoms with Crippen molar-refractivity contribution in [2.45, 2.75) is 32.2 Å². The number of pyridine rings is 1. The second kappa shape index (κ2) is 7.83. The lowest BCUT2D eigenvalue weighted by Crippen LogP contribution is -2.35. The molecule has 2 rings (SSSR count). The molecule has 25 heavy (non-hydrogen) atoms. The van der Waals surface area contributed by atoms with Gasteiger partial charge in [-0.3, -0.25) is 9.20 Å². The molecule has 0 saturated carbocycles. The Hall–Kier alpha value is -2.13. The van der Waals surface area contributed by atoms with Crippen molar-refractivity contribution in [1.82, 2.24) is 14.7 Å². The van der Waals surface area contributed by atoms with Crippen molar-refractivity contribution < 1.29 is 27.4 Å². The molecule has 0 bridgehead atoms. The zero-order valence-corrected chi connectivity index (χ0v) is 14.2. The summed E-state index contributed by atoms with van der Waals surface area (Å²) in [7, 11) is 2.85. The van der Waals surface area contributed by atoms with Crippen molar-refractivity contribution in [3.63, 3.8) is 0 Å². The summed E-state index contributed by atoms with van der Waals surface area (Å²) in [4.78, 5) is 16.8. The maximum absolute atomic E-state index is 13.0. The number of imidazole rings is 1. The number of ether oxygens (including phenoxy) is 2. The van der Waals surface area contributed by atoms with E-state index in [1.807, 2.05) is 6.92 Å². The van der Waals surface area contributed by atoms with Gasteiger partial charge >= 0.3 is 6.18 Å². The van der Waals surface area contributed by atoms with Gasteiger partial charge in [0.15, 0.2) is 6.29 Å². The van der Waals surface area contributed by atoms with Crippen LogP contribution in [-0.2, 0) is 22.1 Å². The molecule has 138 valence electrons. The van der Waals surface area contributed by atoms with Gasteiger partial charge in [0, 0.05) is 20.4 Å². The standard InChI is InChI=1S/C16H20F3N3O3/c1-4-5-11-14(15(23)20-8-13(24-2)25-3)22-9-10(16(17,18)19)6-7-12(22)21-11/h6-7,9,13H,4-5,8H2,1-3H3,(H,20,23). The van der Waals surface area contributed by atoms with Gasteiger partial charge in [0.2, 0.25) is 0 Å². The first kappa shape index (κ1) is 19.2. The lowest BCUT2D eigenvalue weighted by atomic mass is 10.2. The van der Waals surface area contributed by atoms with E-state index in [2.05, 4.69) is 10.3 Å². The van der Waals surface area contributed by atoms with Crippen LogP contribution in [0, 0.1) is 0 Å². The Bertz CT molecular complexity index is 739. The smallest absolute Gasteiger partial charge is 0.354 e. The average Bonchev–Trinajstić information content (AvgIpc) is 2.92. The zero-order chi connectivity index (χ0) is 18.6. The lowest BCUT2D eigenvalue weighted by Gasteiger charge is -2.14. The molecule has 6 nitrogen and oxygen atoms in total. The van der Waals surface area contributed by atoms with Crippen molar-refractivity contribution in [1.29, 1.82) is 0 Å². The fourth-order valence-corrected chi connectivity index (χ4v) is 2.44. The molecule has 0 radical (unpaired) electrons. The SMILES string of the molecule is CCCc1nc2ccc(C(F)(F)F)cn2c1C(=O)NCC(OC)OC. The number of alkyl halides is 3. The molecule has 0 aliphatic heterocycles. The minimum Gasteiger partial charge on any atom is -0.354 e. The highest BCUT2D eigenvalue weighted by Gasteiger charge is 2.32. The van der Waals surface area contributed by atoms with E-state index in [1.54, 1.807) is 0 Å². The second-order valence-corrected chi connectivity index (χ2v) is 5.41. The minimum atomic E-state index is -4.51. The number of methoxy groups -OCH3 is 2. The number of nitrogens with one attached hydrogen (secondary N) is 1. The molecule has 2 heterocycles. The Kier molecular flexibility index (Phi) is 6.02. The number of aromatic nitrogens is 2. The molecule has 0 aromatic carbocycles. The molecule has 0 saturated heterocycles. The normalized spacial score (nSPS) is 12.1. The van der Waals surface area contributed by atoms with Gasteiger partial charge in [-0.15, -0.1) is 0 Å². The second-order valence-electron chi connectivity index (χ2n) is 5.41. The van der Waals surface area contributed by atoms with Crippen LogP contribution in [0.15, 0.2) is 18.3 Å². The Morgan fingerprint density at radius 3 is 2.56 bits per heavy atom. The van der Waals surface area contributed by atoms with E-state index in [1.165, 1.54) is 24.7 Å². The van der Waals surface area contributed by atoms with Gasteiger partial charge in [0.1, 0.15) is 11.3 Å². The zero-order valence-electron chi connectivity index (χ0n) is 14.2. The molecule has 0 aliphatic carbocycles. The predicted molar refractivity (Wildman–Crippen MR) is 84.3 cm³/mol. The van der Waals surface area contributed by atoms with Crippen molar-refractivity contribution in [2.75, 3.05) is 20.8 Å². The summed E-state index contributed by atoms with van der Waals surface area (Å²) in [5.74, 6) is -0.533. The monoisotopic (exact) mass is 359 g/mol. The third-order valence-electron chi connectivity index (χ3n) is 3.68. The van der Waals surface area contributed by atoms with Crippen LogP contribution < -0.4 is 5.32 Å². The number of rotatable bonds is 7. The number of halogens is 3. The molecule has 0 spiro atoms. The van der Waals surface area contributed by atoms with E-state index in [0.29, 0.717) is 18.5 Å². The molecular formula is C16H20F3N3O3. The summed E-state index contributed by atoms with van der Waals surface area (Å²) in [6.45, 7) is 1.96. The molecule has 9 heteroatoms. The van der Waals surface area contributed by atoms with Crippen molar-refractivity contribution in [3.05, 3.63) is 35.3 Å². The van der Waals surface area contributed by atoms with Gasteiger partial charge in [-0.1, -0.05) is 13.3 Å². The van der Waals surface area contributed by atoms with Gasteiger partial charge in [-0.25, -0.2) is 4.98 Å². The van der Waals surface area contributed by atoms with Crippen LogP contribution in [0.5, 0.6) is 0 Å². The largest absolute Gasteiger partial charge is 0.417 e. The first-order valence-corrected chi connectivity index (χ1v) is 7.73. The third-order valence-corrected chi connectivity index (χ3v) is 3.68. The van der Waals surface area contributed by atoms with Gasteiger partial charge in [-0.2, -0.15) is 13.2 Å². The molecule has 0 atom stereocenters. The van der Waals surface area contributed by atoms with Crippen molar-refractivity contribution >= 4 is 11.6 Å². The summed E-state index contributed by atoms with van der Waals surface area (Å²) in [6, 6.07) is 2.21. The number of carbonyl (C=O) groups excluding carboxylic acids is 1. The Morgan fingerprint density at radius 2 is 2.00 bits per heavy atom. The van der Waals surface area contributed by atoms with Crippen LogP contribution in [0.25, 0.3) is 5.65 Å². The summed E-state index contributed by atoms with van der Waals surface area (Å²) < 4.78 is 50.1. The van der Waals surface area contributed by atoms with Gasteiger partial charge in [0.25, 0.3) is 5.91 Å². The van der Waals surface area contributed by atoms with Gasteiger partial charge in [-0.05, 0) is 18.6 Å². The topological polar surface area (TPSA) is 64.9 Å². The summed E-state index contributed by atoms with van der Waals surface area (Å²) in [5, 5.41) is 2.61. The molecule has 2 aromatic heterocycles. The number of nitrogens with zero attached hydrogens (tertiary/aromatic N) is 2. The first-order chi connectivity index (χ1) is 11.8. The Morgan fingerprint density at radius 1 is 1.32 bits per heavy atom. The van der Waals surface area contributed by atoms with Crippen LogP contribution in [0.3, 0.4) is 0 Å². The van der Waals surface area contributed by atoms with Crippen LogP contribution >= 0.6 is 0 Å². The Labute approximate surface area is 142 Å². The van der Waals surface area contributed by atoms with E-state index in [9.17, 15) is 18.0 Å². The maximum Gasteiger partial charge on any atom is 0.417 e. The molecule has 0 aliphatic rings. The number of hydrogen-bond acceptors (Lipinski definition) is 4. The third kappa shape index (κ3) is 4.29. The Balaban J connectivity index is 2.43. The number of amides is 1. The van der Waals surface area contributed by atoms with E-state index >= 15 is 0 Å². The lowest BCUT2D eigenvalue weighted by molar-refractivity contribution is -0.137. The number of carbonyl (C=O) groups is 1. The van der Waals surface area contributed by atoms with Gasteiger partial charge < -0.3 is 14.8 Å². The molecule has 2 aromatic rings. The molecular weight excluding hydrogens is 339 g/mol. The summed E-state index contributed by atoms with van der Waals surface area (Å²) in [5.41, 5.74) is -0.0163. The highest BCUT2D eigenvalue weighted by Crippen LogP contribution is 2.30. The molecule has 1 amide bonds. The van der Waals surface area contributed by atoms with Gasteiger partial charge in [0.05, 0.1) is 17.8 Å². The summed E-state index contributed by atoms with van der Waals surface area (Å²) >= 11 is 0. The number of fused-ring (bicyclic) bond motifs is 1. The van der Waals surface area contributed by atoms with E-state index in [-0.39, 0.29) is 17.9 Å². The van der Waals surface area contributed by atoms with E-state index < -0.39 is 23.9 Å². The number of aryl methyl sites for hydroxylation is 1. The average molecular weight is 359 g/mol. The quantitative estimate of drug-likeness (QED) is 0.772. The highest BCUT2D eigenvalue weighted by molar-refractivity contribution is 5.94. The van der Waals surface area contributed by atoms with E-state index in [4.69, 9.17) is 9.47 Å². The fourth-order valence-electron chi connectivity index (χ4n) is 2.44. The van der Waals surface area contributed by atoms with Crippen LogP contribution in [0.1, 0.15) is 35.1 Å². The minimum absolute atomic E-state index is 0.0591. The van der Waals surface area contributed by atoms with Crippen molar-refractivity contribution in [2.24, 2.45) is 0 Å². The van der Waals surface area contributed by atoms with Crippen molar-refractivity contribution in [3.8, 4) is 0 Å². The molecule has 0 unspecified atom stereocenters. The first-order valence-electron chi connectivity index (χ1n) is 7.73. The number of hydrogen-bond donors (Lipinski definition) is 1. The summed E-state index contributed by atoms with van der Waals surface area (Å²) in [6.07, 6.45) is -3.09.